The molecule has 5 nitrogen and oxygen atoms in total. The van der Waals surface area contributed by atoms with Gasteiger partial charge in [-0.3, -0.25) is 9.69 Å². The van der Waals surface area contributed by atoms with Gasteiger partial charge < -0.3 is 14.0 Å². The minimum absolute atomic E-state index is 0.0862. The Hall–Kier alpha value is -1.69. The highest BCUT2D eigenvalue weighted by atomic mass is 16.5. The lowest BCUT2D eigenvalue weighted by Gasteiger charge is -2.43. The predicted molar refractivity (Wildman–Crippen MR) is 102 cm³/mol. The molecule has 1 aliphatic heterocycles. The maximum absolute atomic E-state index is 12.9. The number of para-hydroxylation sites is 1. The lowest BCUT2D eigenvalue weighted by Crippen LogP contribution is -2.51. The van der Waals surface area contributed by atoms with Crippen molar-refractivity contribution in [2.75, 3.05) is 20.8 Å². The zero-order valence-electron chi connectivity index (χ0n) is 15.9. The number of ether oxygens (including phenoxy) is 2. The molecule has 26 heavy (non-hydrogen) atoms. The molecular weight excluding hydrogens is 328 g/mol. The Morgan fingerprint density at radius 2 is 2.04 bits per heavy atom. The number of hydrogen-bond donors (Lipinski definition) is 0. The van der Waals surface area contributed by atoms with Gasteiger partial charge in [0.2, 0.25) is 0 Å². The van der Waals surface area contributed by atoms with Crippen molar-refractivity contribution < 1.29 is 9.47 Å². The molecule has 3 atom stereocenters. The van der Waals surface area contributed by atoms with Crippen molar-refractivity contribution in [2.24, 2.45) is 7.05 Å². The number of likely N-dealkylation sites (tertiary alicyclic amines) is 1. The number of hydrogen-bond acceptors (Lipinski definition) is 4. The van der Waals surface area contributed by atoms with Gasteiger partial charge in [0, 0.05) is 46.0 Å². The second kappa shape index (κ2) is 6.80. The fraction of sp³-hybridized carbons (Fsp3) is 0.571. The summed E-state index contributed by atoms with van der Waals surface area (Å²) in [6.07, 6.45) is 4.35. The summed E-state index contributed by atoms with van der Waals surface area (Å²) in [5, 5.41) is 1.11. The van der Waals surface area contributed by atoms with Gasteiger partial charge in [-0.25, -0.2) is 0 Å². The normalized spacial score (nSPS) is 29.2. The van der Waals surface area contributed by atoms with Gasteiger partial charge >= 0.3 is 0 Å². The first-order valence-electron chi connectivity index (χ1n) is 9.47. The summed E-state index contributed by atoms with van der Waals surface area (Å²) < 4.78 is 13.4. The number of pyridine rings is 1. The molecule has 1 aromatic carbocycles. The second-order valence-corrected chi connectivity index (χ2v) is 7.73. The van der Waals surface area contributed by atoms with E-state index >= 15 is 0 Å². The van der Waals surface area contributed by atoms with Crippen LogP contribution in [0.15, 0.2) is 35.1 Å². The van der Waals surface area contributed by atoms with Crippen LogP contribution in [0, 0.1) is 0 Å². The van der Waals surface area contributed by atoms with E-state index in [9.17, 15) is 4.79 Å². The number of rotatable bonds is 4. The van der Waals surface area contributed by atoms with Crippen LogP contribution in [-0.2, 0) is 23.1 Å². The van der Waals surface area contributed by atoms with E-state index in [2.05, 4.69) is 17.0 Å². The van der Waals surface area contributed by atoms with E-state index in [1.54, 1.807) is 11.7 Å². The molecule has 5 heteroatoms. The minimum atomic E-state index is -0.0862. The third-order valence-corrected chi connectivity index (χ3v) is 6.57. The second-order valence-electron chi connectivity index (χ2n) is 7.73. The van der Waals surface area contributed by atoms with Crippen LogP contribution in [0.3, 0.4) is 0 Å². The molecule has 140 valence electrons. The highest BCUT2D eigenvalue weighted by molar-refractivity contribution is 5.79. The fourth-order valence-corrected chi connectivity index (χ4v) is 4.98. The van der Waals surface area contributed by atoms with E-state index in [0.717, 1.165) is 48.7 Å². The molecule has 0 amide bonds. The first-order chi connectivity index (χ1) is 12.6. The van der Waals surface area contributed by atoms with E-state index in [0.29, 0.717) is 12.6 Å². The summed E-state index contributed by atoms with van der Waals surface area (Å²) in [6, 6.07) is 10.4. The maximum Gasteiger partial charge on any atom is 0.255 e. The highest BCUT2D eigenvalue weighted by Gasteiger charge is 2.51. The molecule has 0 N–H and O–H groups in total. The fourth-order valence-electron chi connectivity index (χ4n) is 4.98. The highest BCUT2D eigenvalue weighted by Crippen LogP contribution is 2.43. The van der Waals surface area contributed by atoms with Crippen molar-refractivity contribution in [3.05, 3.63) is 46.2 Å². The largest absolute Gasteiger partial charge is 0.381 e. The van der Waals surface area contributed by atoms with Crippen molar-refractivity contribution >= 4 is 10.9 Å². The predicted octanol–water partition coefficient (Wildman–Crippen LogP) is 2.70. The zero-order chi connectivity index (χ0) is 18.3. The molecule has 2 fully saturated rings. The summed E-state index contributed by atoms with van der Waals surface area (Å²) in [7, 11) is 5.49. The van der Waals surface area contributed by atoms with Crippen LogP contribution in [0.2, 0.25) is 0 Å². The SMILES string of the molecule is CO[C@H]1CC[C@@]2(OC)CCN(Cc3cc4ccccc4n(C)c3=O)[C@H]2C1. The Morgan fingerprint density at radius 3 is 2.81 bits per heavy atom. The van der Waals surface area contributed by atoms with Gasteiger partial charge in [0.1, 0.15) is 0 Å². The first-order valence-corrected chi connectivity index (χ1v) is 9.47. The number of benzene rings is 1. The molecule has 2 aliphatic rings. The smallest absolute Gasteiger partial charge is 0.255 e. The summed E-state index contributed by atoms with van der Waals surface area (Å²) >= 11 is 0. The average molecular weight is 356 g/mol. The first kappa shape index (κ1) is 17.7. The van der Waals surface area contributed by atoms with Crippen LogP contribution < -0.4 is 5.56 Å². The molecule has 4 rings (SSSR count). The van der Waals surface area contributed by atoms with Crippen molar-refractivity contribution in [1.29, 1.82) is 0 Å². The van der Waals surface area contributed by atoms with Gasteiger partial charge in [-0.05, 0) is 43.2 Å². The summed E-state index contributed by atoms with van der Waals surface area (Å²) in [6.45, 7) is 1.63. The third kappa shape index (κ3) is 2.79. The molecular formula is C21H28N2O3. The van der Waals surface area contributed by atoms with Crippen LogP contribution in [0.5, 0.6) is 0 Å². The van der Waals surface area contributed by atoms with Crippen molar-refractivity contribution in [3.8, 4) is 0 Å². The Balaban J connectivity index is 1.66. The van der Waals surface area contributed by atoms with Gasteiger partial charge in [-0.2, -0.15) is 0 Å². The number of fused-ring (bicyclic) bond motifs is 2. The van der Waals surface area contributed by atoms with Gasteiger partial charge in [-0.15, -0.1) is 0 Å². The van der Waals surface area contributed by atoms with Crippen LogP contribution in [0.1, 0.15) is 31.2 Å². The molecule has 0 radical (unpaired) electrons. The topological polar surface area (TPSA) is 43.7 Å². The summed E-state index contributed by atoms with van der Waals surface area (Å²) in [5.41, 5.74) is 1.85. The van der Waals surface area contributed by atoms with Crippen molar-refractivity contribution in [3.63, 3.8) is 0 Å². The van der Waals surface area contributed by atoms with E-state index in [4.69, 9.17) is 9.47 Å². The molecule has 1 saturated carbocycles. The van der Waals surface area contributed by atoms with Gasteiger partial charge in [0.25, 0.3) is 5.56 Å². The van der Waals surface area contributed by atoms with E-state index in [-0.39, 0.29) is 17.3 Å². The number of aryl methyl sites for hydroxylation is 1. The monoisotopic (exact) mass is 356 g/mol. The molecule has 0 bridgehead atoms. The van der Waals surface area contributed by atoms with Crippen LogP contribution in [-0.4, -0.2) is 48.0 Å². The van der Waals surface area contributed by atoms with E-state index in [1.807, 2.05) is 32.4 Å². The maximum atomic E-state index is 12.9. The molecule has 2 heterocycles. The van der Waals surface area contributed by atoms with Gasteiger partial charge in [-0.1, -0.05) is 18.2 Å². The Bertz CT molecular complexity index is 862. The molecule has 1 aliphatic carbocycles. The van der Waals surface area contributed by atoms with Crippen LogP contribution in [0.4, 0.5) is 0 Å². The van der Waals surface area contributed by atoms with Crippen molar-refractivity contribution in [1.82, 2.24) is 9.47 Å². The summed E-state index contributed by atoms with van der Waals surface area (Å²) in [5.74, 6) is 0. The van der Waals surface area contributed by atoms with Gasteiger partial charge in [0.05, 0.1) is 17.2 Å². The molecule has 0 unspecified atom stereocenters. The minimum Gasteiger partial charge on any atom is -0.381 e. The quantitative estimate of drug-likeness (QED) is 0.845. The Labute approximate surface area is 154 Å². The third-order valence-electron chi connectivity index (χ3n) is 6.57. The van der Waals surface area contributed by atoms with Gasteiger partial charge in [0.15, 0.2) is 0 Å². The number of methoxy groups -OCH3 is 2. The standard InChI is InChI=1S/C21H28N2O3/c1-22-18-7-5-4-6-15(18)12-16(20(22)24)14-23-11-10-21(26-3)9-8-17(25-2)13-19(21)23/h4-7,12,17,19H,8-11,13-14H2,1-3H3/t17-,19-,21+/m0/s1. The average Bonchev–Trinajstić information content (AvgIpc) is 3.04. The lowest BCUT2D eigenvalue weighted by atomic mass is 9.79. The van der Waals surface area contributed by atoms with Crippen LogP contribution >= 0.6 is 0 Å². The molecule has 0 spiro atoms. The van der Waals surface area contributed by atoms with E-state index in [1.165, 1.54) is 0 Å². The Kier molecular flexibility index (Phi) is 4.63. The molecule has 2 aromatic rings. The molecule has 1 aromatic heterocycles. The zero-order valence-corrected chi connectivity index (χ0v) is 15.9. The number of nitrogens with zero attached hydrogens (tertiary/aromatic N) is 2. The lowest BCUT2D eigenvalue weighted by molar-refractivity contribution is -0.0947. The van der Waals surface area contributed by atoms with Crippen LogP contribution in [0.25, 0.3) is 10.9 Å². The Morgan fingerprint density at radius 1 is 1.23 bits per heavy atom. The van der Waals surface area contributed by atoms with Crippen molar-refractivity contribution in [2.45, 2.75) is 50.0 Å². The summed E-state index contributed by atoms with van der Waals surface area (Å²) in [4.78, 5) is 15.3. The molecule has 1 saturated heterocycles. The van der Waals surface area contributed by atoms with E-state index < -0.39 is 0 Å². The number of aromatic nitrogens is 1.